The van der Waals surface area contributed by atoms with Crippen LogP contribution in [0.5, 0.6) is 0 Å². The summed E-state index contributed by atoms with van der Waals surface area (Å²) in [6, 6.07) is 22.1. The maximum Gasteiger partial charge on any atom is -0.00490 e. The molecule has 0 bridgehead atoms. The van der Waals surface area contributed by atoms with Gasteiger partial charge in [0.15, 0.2) is 0 Å². The van der Waals surface area contributed by atoms with Gasteiger partial charge in [-0.3, -0.25) is 0 Å². The predicted octanol–water partition coefficient (Wildman–Crippen LogP) is 6.49. The van der Waals surface area contributed by atoms with Crippen LogP contribution in [0.2, 0.25) is 0 Å². The SMILES string of the molecule is CCC(C)C1=Cc2cccc(-c3cccc4ccccc34)c2C1. The Morgan fingerprint density at radius 1 is 0.870 bits per heavy atom. The van der Waals surface area contributed by atoms with Crippen molar-refractivity contribution in [3.05, 3.63) is 77.4 Å². The van der Waals surface area contributed by atoms with Gasteiger partial charge in [0, 0.05) is 0 Å². The van der Waals surface area contributed by atoms with Crippen molar-refractivity contribution in [2.45, 2.75) is 26.7 Å². The fourth-order valence-electron chi connectivity index (χ4n) is 3.68. The molecule has 0 aromatic heterocycles. The highest BCUT2D eigenvalue weighted by Gasteiger charge is 2.20. The minimum Gasteiger partial charge on any atom is -0.0648 e. The van der Waals surface area contributed by atoms with E-state index in [4.69, 9.17) is 0 Å². The maximum atomic E-state index is 2.41. The Bertz CT molecular complexity index is 894. The van der Waals surface area contributed by atoms with Gasteiger partial charge in [-0.2, -0.15) is 0 Å². The summed E-state index contributed by atoms with van der Waals surface area (Å²) in [6.45, 7) is 4.62. The molecule has 1 atom stereocenters. The van der Waals surface area contributed by atoms with Crippen molar-refractivity contribution in [3.63, 3.8) is 0 Å². The van der Waals surface area contributed by atoms with Gasteiger partial charge in [0.25, 0.3) is 0 Å². The standard InChI is InChI=1S/C23H22/c1-3-16(2)19-14-18-10-7-13-22(23(18)15-19)21-12-6-9-17-8-4-5-11-20(17)21/h4-14,16H,3,15H2,1-2H3. The minimum atomic E-state index is 0.669. The lowest BCUT2D eigenvalue weighted by Crippen LogP contribution is -1.98. The molecule has 0 heterocycles. The molecule has 3 aromatic rings. The molecule has 0 fully saturated rings. The summed E-state index contributed by atoms with van der Waals surface area (Å²) in [6.07, 6.45) is 4.73. The summed E-state index contributed by atoms with van der Waals surface area (Å²) in [5.74, 6) is 0.669. The Balaban J connectivity index is 1.86. The van der Waals surface area contributed by atoms with Crippen LogP contribution in [0, 0.1) is 5.92 Å². The Labute approximate surface area is 138 Å². The summed E-state index contributed by atoms with van der Waals surface area (Å²) >= 11 is 0. The quantitative estimate of drug-likeness (QED) is 0.518. The molecule has 0 amide bonds. The van der Waals surface area contributed by atoms with E-state index in [0.717, 1.165) is 6.42 Å². The van der Waals surface area contributed by atoms with Gasteiger partial charge in [0.2, 0.25) is 0 Å². The summed E-state index contributed by atoms with van der Waals surface area (Å²) in [7, 11) is 0. The molecule has 0 saturated heterocycles. The molecule has 0 nitrogen and oxygen atoms in total. The number of hydrogen-bond acceptors (Lipinski definition) is 0. The predicted molar refractivity (Wildman–Crippen MR) is 101 cm³/mol. The third kappa shape index (κ3) is 2.39. The molecule has 1 aliphatic carbocycles. The molecule has 0 spiro atoms. The number of allylic oxidation sites excluding steroid dienone is 1. The molecule has 1 unspecified atom stereocenters. The topological polar surface area (TPSA) is 0 Å². The highest BCUT2D eigenvalue weighted by molar-refractivity contribution is 5.98. The van der Waals surface area contributed by atoms with Crippen LogP contribution in [0.25, 0.3) is 28.0 Å². The lowest BCUT2D eigenvalue weighted by molar-refractivity contribution is 0.647. The zero-order valence-electron chi connectivity index (χ0n) is 13.8. The number of benzene rings is 3. The van der Waals surface area contributed by atoms with Crippen molar-refractivity contribution in [3.8, 4) is 11.1 Å². The fraction of sp³-hybridized carbons (Fsp3) is 0.217. The largest absolute Gasteiger partial charge is 0.0648 e. The zero-order valence-corrected chi connectivity index (χ0v) is 13.8. The van der Waals surface area contributed by atoms with Crippen LogP contribution < -0.4 is 0 Å². The summed E-state index contributed by atoms with van der Waals surface area (Å²) in [4.78, 5) is 0. The molecule has 23 heavy (non-hydrogen) atoms. The highest BCUT2D eigenvalue weighted by Crippen LogP contribution is 2.39. The number of fused-ring (bicyclic) bond motifs is 2. The lowest BCUT2D eigenvalue weighted by Gasteiger charge is -2.13. The van der Waals surface area contributed by atoms with E-state index in [0.29, 0.717) is 5.92 Å². The first kappa shape index (κ1) is 14.3. The summed E-state index contributed by atoms with van der Waals surface area (Å²) in [5.41, 5.74) is 7.24. The highest BCUT2D eigenvalue weighted by atomic mass is 14.2. The van der Waals surface area contributed by atoms with E-state index in [9.17, 15) is 0 Å². The normalized spacial score (nSPS) is 14.6. The molecular weight excluding hydrogens is 276 g/mol. The summed E-state index contributed by atoms with van der Waals surface area (Å²) in [5, 5.41) is 2.66. The van der Waals surface area contributed by atoms with Crippen molar-refractivity contribution in [1.82, 2.24) is 0 Å². The van der Waals surface area contributed by atoms with Crippen molar-refractivity contribution in [2.24, 2.45) is 5.92 Å². The van der Waals surface area contributed by atoms with Crippen LogP contribution in [0.4, 0.5) is 0 Å². The van der Waals surface area contributed by atoms with E-state index in [1.54, 1.807) is 5.57 Å². The second kappa shape index (κ2) is 5.70. The monoisotopic (exact) mass is 298 g/mol. The first-order chi connectivity index (χ1) is 11.3. The lowest BCUT2D eigenvalue weighted by atomic mass is 9.91. The zero-order chi connectivity index (χ0) is 15.8. The van der Waals surface area contributed by atoms with Crippen LogP contribution in [0.1, 0.15) is 31.4 Å². The van der Waals surface area contributed by atoms with Gasteiger partial charge in [-0.25, -0.2) is 0 Å². The first-order valence-corrected chi connectivity index (χ1v) is 8.58. The van der Waals surface area contributed by atoms with Crippen molar-refractivity contribution >= 4 is 16.8 Å². The molecule has 3 aromatic carbocycles. The van der Waals surface area contributed by atoms with Gasteiger partial charge < -0.3 is 0 Å². The van der Waals surface area contributed by atoms with E-state index in [1.807, 2.05) is 0 Å². The van der Waals surface area contributed by atoms with E-state index < -0.39 is 0 Å². The molecular formula is C23H22. The van der Waals surface area contributed by atoms with Crippen LogP contribution in [-0.2, 0) is 6.42 Å². The van der Waals surface area contributed by atoms with E-state index >= 15 is 0 Å². The molecule has 0 radical (unpaired) electrons. The van der Waals surface area contributed by atoms with Crippen LogP contribution >= 0.6 is 0 Å². The summed E-state index contributed by atoms with van der Waals surface area (Å²) < 4.78 is 0. The van der Waals surface area contributed by atoms with Gasteiger partial charge >= 0.3 is 0 Å². The molecule has 0 aliphatic heterocycles. The molecule has 0 heteroatoms. The number of hydrogen-bond donors (Lipinski definition) is 0. The fourth-order valence-corrected chi connectivity index (χ4v) is 3.68. The van der Waals surface area contributed by atoms with Crippen LogP contribution in [0.15, 0.2) is 66.2 Å². The smallest absolute Gasteiger partial charge is 0.00490 e. The van der Waals surface area contributed by atoms with Crippen molar-refractivity contribution < 1.29 is 0 Å². The average molecular weight is 298 g/mol. The van der Waals surface area contributed by atoms with Gasteiger partial charge in [0.05, 0.1) is 0 Å². The second-order valence-corrected chi connectivity index (χ2v) is 6.61. The maximum absolute atomic E-state index is 2.41. The van der Waals surface area contributed by atoms with E-state index in [1.165, 1.54) is 39.4 Å². The average Bonchev–Trinajstić information content (AvgIpc) is 3.05. The number of rotatable bonds is 3. The van der Waals surface area contributed by atoms with Gasteiger partial charge in [-0.1, -0.05) is 86.2 Å². The molecule has 114 valence electrons. The first-order valence-electron chi connectivity index (χ1n) is 8.58. The molecule has 4 rings (SSSR count). The molecule has 0 N–H and O–H groups in total. The van der Waals surface area contributed by atoms with Gasteiger partial charge in [-0.15, -0.1) is 0 Å². The van der Waals surface area contributed by atoms with E-state index in [-0.39, 0.29) is 0 Å². The molecule has 1 aliphatic rings. The van der Waals surface area contributed by atoms with E-state index in [2.05, 4.69) is 80.6 Å². The second-order valence-electron chi connectivity index (χ2n) is 6.61. The Morgan fingerprint density at radius 3 is 2.48 bits per heavy atom. The van der Waals surface area contributed by atoms with Crippen LogP contribution in [-0.4, -0.2) is 0 Å². The van der Waals surface area contributed by atoms with Gasteiger partial charge in [0.1, 0.15) is 0 Å². The Hall–Kier alpha value is -2.34. The molecule has 0 saturated carbocycles. The minimum absolute atomic E-state index is 0.669. The Morgan fingerprint density at radius 2 is 1.61 bits per heavy atom. The third-order valence-electron chi connectivity index (χ3n) is 5.26. The van der Waals surface area contributed by atoms with Gasteiger partial charge in [-0.05, 0) is 51.8 Å². The Kier molecular flexibility index (Phi) is 3.53. The van der Waals surface area contributed by atoms with Crippen molar-refractivity contribution in [2.75, 3.05) is 0 Å². The van der Waals surface area contributed by atoms with Crippen LogP contribution in [0.3, 0.4) is 0 Å². The third-order valence-corrected chi connectivity index (χ3v) is 5.26. The van der Waals surface area contributed by atoms with Crippen molar-refractivity contribution in [1.29, 1.82) is 0 Å².